The molecule has 2 aromatic carbocycles. The smallest absolute Gasteiger partial charge is 0.180 e. The molecule has 6 heteroatoms. The first-order valence-corrected chi connectivity index (χ1v) is 8.47. The number of rotatable bonds is 5. The largest absolute Gasteiger partial charge is 0.380 e. The van der Waals surface area contributed by atoms with Crippen molar-refractivity contribution in [1.29, 1.82) is 0 Å². The molecule has 0 saturated carbocycles. The predicted octanol–water partition coefficient (Wildman–Crippen LogP) is 3.88. The zero-order chi connectivity index (χ0) is 15.5. The van der Waals surface area contributed by atoms with E-state index in [1.807, 2.05) is 0 Å². The molecule has 1 N–H and O–H groups in total. The Morgan fingerprint density at radius 2 is 1.86 bits per heavy atom. The van der Waals surface area contributed by atoms with Gasteiger partial charge in [-0.2, -0.15) is 0 Å². The summed E-state index contributed by atoms with van der Waals surface area (Å²) in [6, 6.07) is 11.0. The van der Waals surface area contributed by atoms with Crippen LogP contribution in [0.15, 0.2) is 47.4 Å². The standard InChI is InChI=1S/C15H15ClFNO2S/c1-2-21(19,20)15-9-4-3-8-14(15)18-10-11-12(16)6-5-7-13(11)17/h3-9,18H,2,10H2,1H3. The lowest BCUT2D eigenvalue weighted by atomic mass is 10.2. The Kier molecular flexibility index (Phi) is 4.85. The Bertz CT molecular complexity index is 727. The molecule has 0 unspecified atom stereocenters. The predicted molar refractivity (Wildman–Crippen MR) is 82.9 cm³/mol. The Labute approximate surface area is 128 Å². The van der Waals surface area contributed by atoms with Crippen molar-refractivity contribution in [2.24, 2.45) is 0 Å². The molecule has 0 aliphatic carbocycles. The molecule has 2 rings (SSSR count). The van der Waals surface area contributed by atoms with Gasteiger partial charge >= 0.3 is 0 Å². The zero-order valence-electron chi connectivity index (χ0n) is 11.4. The topological polar surface area (TPSA) is 46.2 Å². The Morgan fingerprint density at radius 3 is 2.52 bits per heavy atom. The van der Waals surface area contributed by atoms with Gasteiger partial charge in [0.25, 0.3) is 0 Å². The summed E-state index contributed by atoms with van der Waals surface area (Å²) in [7, 11) is -3.34. The second-order valence-electron chi connectivity index (χ2n) is 4.45. The van der Waals surface area contributed by atoms with E-state index in [0.29, 0.717) is 16.3 Å². The lowest BCUT2D eigenvalue weighted by molar-refractivity contribution is 0.597. The van der Waals surface area contributed by atoms with Crippen molar-refractivity contribution in [2.75, 3.05) is 11.1 Å². The van der Waals surface area contributed by atoms with E-state index in [2.05, 4.69) is 5.32 Å². The zero-order valence-corrected chi connectivity index (χ0v) is 13.0. The van der Waals surface area contributed by atoms with Gasteiger partial charge in [0.1, 0.15) is 5.82 Å². The van der Waals surface area contributed by atoms with Crippen LogP contribution in [0.4, 0.5) is 10.1 Å². The minimum atomic E-state index is -3.34. The Morgan fingerprint density at radius 1 is 1.14 bits per heavy atom. The van der Waals surface area contributed by atoms with Gasteiger partial charge in [-0.05, 0) is 24.3 Å². The summed E-state index contributed by atoms with van der Waals surface area (Å²) < 4.78 is 37.8. The van der Waals surface area contributed by atoms with Gasteiger partial charge < -0.3 is 5.32 Å². The minimum Gasteiger partial charge on any atom is -0.380 e. The van der Waals surface area contributed by atoms with Gasteiger partial charge in [0.15, 0.2) is 9.84 Å². The highest BCUT2D eigenvalue weighted by Gasteiger charge is 2.16. The SMILES string of the molecule is CCS(=O)(=O)c1ccccc1NCc1c(F)cccc1Cl. The molecule has 0 atom stereocenters. The van der Waals surface area contributed by atoms with Gasteiger partial charge in [0, 0.05) is 17.1 Å². The summed E-state index contributed by atoms with van der Waals surface area (Å²) in [6.45, 7) is 1.70. The minimum absolute atomic E-state index is 0.00610. The molecule has 0 bridgehead atoms. The molecule has 0 radical (unpaired) electrons. The molecule has 112 valence electrons. The Balaban J connectivity index is 2.30. The van der Waals surface area contributed by atoms with E-state index in [-0.39, 0.29) is 17.2 Å². The van der Waals surface area contributed by atoms with Gasteiger partial charge in [-0.25, -0.2) is 12.8 Å². The highest BCUT2D eigenvalue weighted by molar-refractivity contribution is 7.91. The molecule has 0 aliphatic rings. The van der Waals surface area contributed by atoms with E-state index in [9.17, 15) is 12.8 Å². The first kappa shape index (κ1) is 15.8. The number of hydrogen-bond acceptors (Lipinski definition) is 3. The van der Waals surface area contributed by atoms with Crippen LogP contribution >= 0.6 is 11.6 Å². The van der Waals surface area contributed by atoms with Crippen LogP contribution in [0.2, 0.25) is 5.02 Å². The molecule has 2 aromatic rings. The first-order valence-electron chi connectivity index (χ1n) is 6.44. The summed E-state index contributed by atoms with van der Waals surface area (Å²) in [4.78, 5) is 0.208. The summed E-state index contributed by atoms with van der Waals surface area (Å²) in [5, 5.41) is 3.25. The van der Waals surface area contributed by atoms with Gasteiger partial charge in [-0.15, -0.1) is 0 Å². The van der Waals surface area contributed by atoms with Gasteiger partial charge in [0.05, 0.1) is 16.3 Å². The average molecular weight is 328 g/mol. The van der Waals surface area contributed by atoms with Gasteiger partial charge in [-0.1, -0.05) is 36.7 Å². The third kappa shape index (κ3) is 3.54. The maximum Gasteiger partial charge on any atom is 0.180 e. The molecular weight excluding hydrogens is 313 g/mol. The van der Waals surface area contributed by atoms with E-state index < -0.39 is 15.7 Å². The van der Waals surface area contributed by atoms with Gasteiger partial charge in [0.2, 0.25) is 0 Å². The molecule has 0 spiro atoms. The average Bonchev–Trinajstić information content (AvgIpc) is 2.47. The van der Waals surface area contributed by atoms with Crippen molar-refractivity contribution < 1.29 is 12.8 Å². The van der Waals surface area contributed by atoms with E-state index in [4.69, 9.17) is 11.6 Å². The number of hydrogen-bond donors (Lipinski definition) is 1. The summed E-state index contributed by atoms with van der Waals surface area (Å²) >= 11 is 5.95. The molecule has 3 nitrogen and oxygen atoms in total. The van der Waals surface area contributed by atoms with Crippen LogP contribution in [0, 0.1) is 5.82 Å². The molecule has 0 amide bonds. The fraction of sp³-hybridized carbons (Fsp3) is 0.200. The van der Waals surface area contributed by atoms with Crippen LogP contribution in [-0.2, 0) is 16.4 Å². The van der Waals surface area contributed by atoms with Crippen molar-refractivity contribution >= 4 is 27.1 Å². The molecule has 0 fully saturated rings. The maximum atomic E-state index is 13.7. The number of nitrogens with one attached hydrogen (secondary N) is 1. The molecule has 0 heterocycles. The van der Waals surface area contributed by atoms with E-state index in [1.54, 1.807) is 31.2 Å². The van der Waals surface area contributed by atoms with Crippen LogP contribution in [0.25, 0.3) is 0 Å². The first-order chi connectivity index (χ1) is 9.95. The normalized spacial score (nSPS) is 11.4. The Hall–Kier alpha value is -1.59. The van der Waals surface area contributed by atoms with Crippen LogP contribution in [0.5, 0.6) is 0 Å². The highest BCUT2D eigenvalue weighted by atomic mass is 35.5. The fourth-order valence-electron chi connectivity index (χ4n) is 1.92. The van der Waals surface area contributed by atoms with Crippen molar-refractivity contribution in [3.63, 3.8) is 0 Å². The van der Waals surface area contributed by atoms with Crippen LogP contribution in [0.3, 0.4) is 0 Å². The highest BCUT2D eigenvalue weighted by Crippen LogP contribution is 2.25. The van der Waals surface area contributed by atoms with Crippen LogP contribution in [-0.4, -0.2) is 14.2 Å². The number of sulfone groups is 1. The third-order valence-corrected chi connectivity index (χ3v) is 5.26. The van der Waals surface area contributed by atoms with Crippen molar-refractivity contribution in [3.8, 4) is 0 Å². The summed E-state index contributed by atoms with van der Waals surface area (Å²) in [5.74, 6) is -0.419. The fourth-order valence-corrected chi connectivity index (χ4v) is 3.23. The molecule has 21 heavy (non-hydrogen) atoms. The van der Waals surface area contributed by atoms with Gasteiger partial charge in [-0.3, -0.25) is 0 Å². The summed E-state index contributed by atoms with van der Waals surface area (Å²) in [5.41, 5.74) is 0.751. The van der Waals surface area contributed by atoms with Crippen LogP contribution in [0.1, 0.15) is 12.5 Å². The van der Waals surface area contributed by atoms with E-state index >= 15 is 0 Å². The molecule has 0 aromatic heterocycles. The van der Waals surface area contributed by atoms with Crippen LogP contribution < -0.4 is 5.32 Å². The van der Waals surface area contributed by atoms with Crippen molar-refractivity contribution in [2.45, 2.75) is 18.4 Å². The van der Waals surface area contributed by atoms with Crippen molar-refractivity contribution in [3.05, 3.63) is 58.9 Å². The third-order valence-electron chi connectivity index (χ3n) is 3.12. The van der Waals surface area contributed by atoms with E-state index in [1.165, 1.54) is 18.2 Å². The second kappa shape index (κ2) is 6.45. The number of anilines is 1. The lowest BCUT2D eigenvalue weighted by Gasteiger charge is -2.13. The number of para-hydroxylation sites is 1. The molecule has 0 aliphatic heterocycles. The monoisotopic (exact) mass is 327 g/mol. The van der Waals surface area contributed by atoms with E-state index in [0.717, 1.165) is 0 Å². The lowest BCUT2D eigenvalue weighted by Crippen LogP contribution is -2.10. The summed E-state index contributed by atoms with van der Waals surface area (Å²) in [6.07, 6.45) is 0. The quantitative estimate of drug-likeness (QED) is 0.906. The second-order valence-corrected chi connectivity index (χ2v) is 7.11. The molecular formula is C15H15ClFNO2S. The molecule has 0 saturated heterocycles. The number of benzene rings is 2. The maximum absolute atomic E-state index is 13.7. The number of halogens is 2. The van der Waals surface area contributed by atoms with Crippen molar-refractivity contribution in [1.82, 2.24) is 0 Å².